The van der Waals surface area contributed by atoms with Gasteiger partial charge in [0, 0.05) is 29.6 Å². The number of anilines is 1. The molecule has 186 valence electrons. The van der Waals surface area contributed by atoms with Crippen LogP contribution in [0.1, 0.15) is 54.2 Å². The van der Waals surface area contributed by atoms with E-state index < -0.39 is 23.5 Å². The van der Waals surface area contributed by atoms with E-state index in [-0.39, 0.29) is 16.9 Å². The van der Waals surface area contributed by atoms with Gasteiger partial charge in [-0.15, -0.1) is 0 Å². The number of carboxylic acid groups (broad SMARTS) is 1. The second kappa shape index (κ2) is 9.34. The van der Waals surface area contributed by atoms with Crippen LogP contribution in [0.3, 0.4) is 0 Å². The number of aromatic carboxylic acids is 1. The highest BCUT2D eigenvalue weighted by Crippen LogP contribution is 2.37. The number of halogens is 2. The van der Waals surface area contributed by atoms with Gasteiger partial charge in [-0.2, -0.15) is 8.78 Å². The van der Waals surface area contributed by atoms with Crippen LogP contribution >= 0.6 is 0 Å². The molecule has 0 bridgehead atoms. The van der Waals surface area contributed by atoms with Crippen molar-refractivity contribution in [1.82, 2.24) is 9.66 Å². The number of rotatable bonds is 5. The van der Waals surface area contributed by atoms with E-state index in [1.807, 2.05) is 25.8 Å². The number of pyridine rings is 2. The molecular weight excluding hydrogens is 470 g/mol. The highest BCUT2D eigenvalue weighted by Gasteiger charge is 2.33. The summed E-state index contributed by atoms with van der Waals surface area (Å²) < 4.78 is 32.9. The molecule has 0 amide bonds. The largest absolute Gasteiger partial charge is 0.477 e. The average molecular weight is 494 g/mol. The second-order valence-corrected chi connectivity index (χ2v) is 8.92. The molecule has 0 saturated carbocycles. The molecule has 1 aliphatic heterocycles. The maximum atomic E-state index is 13.3. The molecule has 0 saturated heterocycles. The van der Waals surface area contributed by atoms with Gasteiger partial charge in [0.25, 0.3) is 0 Å². The maximum Gasteiger partial charge on any atom is 0.387 e. The molecule has 2 aromatic heterocycles. The van der Waals surface area contributed by atoms with Crippen molar-refractivity contribution < 1.29 is 23.4 Å². The summed E-state index contributed by atoms with van der Waals surface area (Å²) in [7, 11) is 0. The maximum absolute atomic E-state index is 13.3. The number of alkyl halides is 2. The first-order valence-electron chi connectivity index (χ1n) is 11.1. The van der Waals surface area contributed by atoms with Crippen molar-refractivity contribution in [3.63, 3.8) is 0 Å². The molecule has 0 fully saturated rings. The Morgan fingerprint density at radius 3 is 2.64 bits per heavy atom. The zero-order valence-corrected chi connectivity index (χ0v) is 19.9. The molecule has 0 radical (unpaired) electrons. The molecule has 0 spiro atoms. The highest BCUT2D eigenvalue weighted by molar-refractivity contribution is 5.88. The Morgan fingerprint density at radius 2 is 2.03 bits per heavy atom. The van der Waals surface area contributed by atoms with E-state index in [0.29, 0.717) is 35.6 Å². The van der Waals surface area contributed by atoms with Gasteiger partial charge in [0.05, 0.1) is 23.3 Å². The van der Waals surface area contributed by atoms with Crippen LogP contribution in [0.25, 0.3) is 11.3 Å². The van der Waals surface area contributed by atoms with Crippen molar-refractivity contribution in [1.29, 1.82) is 0 Å². The number of nitrogens with two attached hydrogens (primary N) is 1. The van der Waals surface area contributed by atoms with Gasteiger partial charge in [0.1, 0.15) is 17.1 Å². The quantitative estimate of drug-likeness (QED) is 0.519. The van der Waals surface area contributed by atoms with Gasteiger partial charge in [0.15, 0.2) is 5.43 Å². The zero-order valence-electron chi connectivity index (χ0n) is 19.9. The van der Waals surface area contributed by atoms with E-state index in [0.717, 1.165) is 5.56 Å². The van der Waals surface area contributed by atoms with Crippen LogP contribution in [0, 0.1) is 11.8 Å². The van der Waals surface area contributed by atoms with Gasteiger partial charge in [-0.05, 0) is 50.1 Å². The molecule has 0 atom stereocenters. The molecule has 1 aromatic carbocycles. The molecule has 36 heavy (non-hydrogen) atoms. The molecule has 10 heteroatoms. The summed E-state index contributed by atoms with van der Waals surface area (Å²) in [6.45, 7) is 3.19. The van der Waals surface area contributed by atoms with Crippen molar-refractivity contribution in [2.24, 2.45) is 0 Å². The van der Waals surface area contributed by atoms with Crippen LogP contribution in [-0.4, -0.2) is 32.9 Å². The van der Waals surface area contributed by atoms with E-state index in [2.05, 4.69) is 16.8 Å². The molecule has 8 nitrogen and oxygen atoms in total. The molecule has 3 heterocycles. The van der Waals surface area contributed by atoms with Gasteiger partial charge in [-0.25, -0.2) is 9.78 Å². The lowest BCUT2D eigenvalue weighted by Gasteiger charge is -2.45. The van der Waals surface area contributed by atoms with E-state index >= 15 is 0 Å². The van der Waals surface area contributed by atoms with Crippen LogP contribution in [-0.2, 0) is 6.54 Å². The minimum absolute atomic E-state index is 0.163. The summed E-state index contributed by atoms with van der Waals surface area (Å²) >= 11 is 0. The number of hydrogen-bond acceptors (Lipinski definition) is 6. The van der Waals surface area contributed by atoms with E-state index in [1.54, 1.807) is 22.9 Å². The molecule has 3 aromatic rings. The Hall–Kier alpha value is -4.39. The summed E-state index contributed by atoms with van der Waals surface area (Å²) in [4.78, 5) is 28.2. The molecule has 3 N–H and O–H groups in total. The second-order valence-electron chi connectivity index (χ2n) is 8.92. The summed E-state index contributed by atoms with van der Waals surface area (Å²) in [5.41, 5.74) is 6.43. The monoisotopic (exact) mass is 494 g/mol. The van der Waals surface area contributed by atoms with Crippen LogP contribution in [0.5, 0.6) is 5.75 Å². The van der Waals surface area contributed by atoms with Crippen molar-refractivity contribution in [3.8, 4) is 28.8 Å². The fourth-order valence-corrected chi connectivity index (χ4v) is 3.91. The predicted molar refractivity (Wildman–Crippen MR) is 131 cm³/mol. The minimum atomic E-state index is -3.10. The Bertz CT molecular complexity index is 1450. The lowest BCUT2D eigenvalue weighted by molar-refractivity contribution is -0.0500. The normalized spacial score (nSPS) is 12.4. The SMILES string of the molecule is CCC(C)(C)N1Cc2cc(C#Cc3ccc(N)nc3)c(OC(F)F)cc2-c2cc(=O)c(C(=O)O)cn21. The summed E-state index contributed by atoms with van der Waals surface area (Å²) in [5.74, 6) is 4.58. The van der Waals surface area contributed by atoms with Crippen molar-refractivity contribution in [3.05, 3.63) is 75.2 Å². The Morgan fingerprint density at radius 1 is 1.28 bits per heavy atom. The first kappa shape index (κ1) is 24.7. The number of benzene rings is 1. The first-order chi connectivity index (χ1) is 17.0. The number of carbonyl (C=O) groups is 1. The standard InChI is InChI=1S/C26H24F2N4O4/c1-4-26(2,3)32-13-17-9-16(7-5-15-6-8-23(29)30-12-15)22(36-25(27)28)10-18(17)20-11-21(33)19(24(34)35)14-31(20)32/h6,8-12,14,25H,4,13H2,1-3H3,(H2,29,30)(H,34,35). The zero-order chi connectivity index (χ0) is 26.2. The Kier molecular flexibility index (Phi) is 6.41. The average Bonchev–Trinajstić information content (AvgIpc) is 2.82. The number of nitrogens with zero attached hydrogens (tertiary/aromatic N) is 3. The van der Waals surface area contributed by atoms with E-state index in [1.165, 1.54) is 24.5 Å². The lowest BCUT2D eigenvalue weighted by atomic mass is 9.93. The fraction of sp³-hybridized carbons (Fsp3) is 0.269. The summed E-state index contributed by atoms with van der Waals surface area (Å²) in [5, 5.41) is 11.4. The topological polar surface area (TPSA) is 111 Å². The lowest BCUT2D eigenvalue weighted by Crippen LogP contribution is -2.52. The van der Waals surface area contributed by atoms with Gasteiger partial charge < -0.3 is 20.6 Å². The number of nitrogen functional groups attached to an aromatic ring is 1. The predicted octanol–water partition coefficient (Wildman–Crippen LogP) is 3.83. The number of carboxylic acids is 1. The van der Waals surface area contributed by atoms with Crippen molar-refractivity contribution in [2.75, 3.05) is 10.7 Å². The van der Waals surface area contributed by atoms with Crippen LogP contribution in [0.4, 0.5) is 14.6 Å². The van der Waals surface area contributed by atoms with Crippen molar-refractivity contribution in [2.45, 2.75) is 45.9 Å². The summed E-state index contributed by atoms with van der Waals surface area (Å²) in [6, 6.07) is 7.52. The van der Waals surface area contributed by atoms with Gasteiger partial charge in [0.2, 0.25) is 0 Å². The molecule has 4 rings (SSSR count). The van der Waals surface area contributed by atoms with Gasteiger partial charge in [-0.3, -0.25) is 9.47 Å². The molecule has 0 aliphatic carbocycles. The fourth-order valence-electron chi connectivity index (χ4n) is 3.91. The van der Waals surface area contributed by atoms with Crippen LogP contribution in [0.2, 0.25) is 0 Å². The summed E-state index contributed by atoms with van der Waals surface area (Å²) in [6.07, 6.45) is 3.46. The Balaban J connectivity index is 1.93. The third kappa shape index (κ3) is 4.73. The first-order valence-corrected chi connectivity index (χ1v) is 11.1. The van der Waals surface area contributed by atoms with Gasteiger partial charge in [-0.1, -0.05) is 18.8 Å². The minimum Gasteiger partial charge on any atom is -0.477 e. The van der Waals surface area contributed by atoms with Crippen molar-refractivity contribution >= 4 is 11.8 Å². The van der Waals surface area contributed by atoms with E-state index in [9.17, 15) is 23.5 Å². The third-order valence-corrected chi connectivity index (χ3v) is 6.23. The molecule has 1 aliphatic rings. The smallest absolute Gasteiger partial charge is 0.387 e. The van der Waals surface area contributed by atoms with Gasteiger partial charge >= 0.3 is 12.6 Å². The number of fused-ring (bicyclic) bond motifs is 3. The molecular formula is C26H24F2N4O4. The number of ether oxygens (including phenoxy) is 1. The highest BCUT2D eigenvalue weighted by atomic mass is 19.3. The van der Waals surface area contributed by atoms with Crippen LogP contribution < -0.4 is 20.9 Å². The Labute approximate surface area is 205 Å². The third-order valence-electron chi connectivity index (χ3n) is 6.23. The number of aromatic nitrogens is 2. The van der Waals surface area contributed by atoms with Crippen LogP contribution in [0.15, 0.2) is 47.5 Å². The number of hydrogen-bond donors (Lipinski definition) is 2. The van der Waals surface area contributed by atoms with E-state index in [4.69, 9.17) is 10.5 Å². The molecule has 0 unspecified atom stereocenters.